The van der Waals surface area contributed by atoms with E-state index < -0.39 is 0 Å². The first kappa shape index (κ1) is 20.1. The average molecular weight is 420 g/mol. The number of carbonyl (C=O) groups excluding carboxylic acids is 2. The van der Waals surface area contributed by atoms with Crippen LogP contribution in [0.4, 0.5) is 4.79 Å². The van der Waals surface area contributed by atoms with E-state index in [2.05, 4.69) is 0 Å². The molecule has 146 valence electrons. The average Bonchev–Trinajstić information content (AvgIpc) is 2.96. The molecule has 28 heavy (non-hydrogen) atoms. The molecule has 1 aliphatic heterocycles. The fourth-order valence-electron chi connectivity index (χ4n) is 2.74. The highest BCUT2D eigenvalue weighted by atomic mass is 35.5. The summed E-state index contributed by atoms with van der Waals surface area (Å²) in [6.45, 7) is 0.116. The lowest BCUT2D eigenvalue weighted by molar-refractivity contribution is -0.123. The number of amides is 2. The Morgan fingerprint density at radius 2 is 1.64 bits per heavy atom. The Morgan fingerprint density at radius 3 is 2.29 bits per heavy atom. The number of imide groups is 1. The number of nitrogens with zero attached hydrogens (tertiary/aromatic N) is 1. The Kier molecular flexibility index (Phi) is 6.16. The molecule has 3 rings (SSSR count). The molecule has 1 saturated heterocycles. The number of benzene rings is 2. The van der Waals surface area contributed by atoms with Crippen molar-refractivity contribution in [2.45, 2.75) is 6.54 Å². The van der Waals surface area contributed by atoms with Crippen LogP contribution in [-0.2, 0) is 11.3 Å². The molecule has 1 heterocycles. The molecular formula is C20H18ClNO5S. The second-order valence-corrected chi connectivity index (χ2v) is 7.21. The molecule has 2 aromatic rings. The van der Waals surface area contributed by atoms with Crippen LogP contribution in [0.2, 0.25) is 5.02 Å². The van der Waals surface area contributed by atoms with Crippen molar-refractivity contribution < 1.29 is 23.8 Å². The van der Waals surface area contributed by atoms with Gasteiger partial charge in [0.15, 0.2) is 11.5 Å². The number of hydrogen-bond donors (Lipinski definition) is 0. The van der Waals surface area contributed by atoms with Crippen LogP contribution in [0.5, 0.6) is 17.2 Å². The fraction of sp³-hybridized carbons (Fsp3) is 0.200. The van der Waals surface area contributed by atoms with E-state index >= 15 is 0 Å². The van der Waals surface area contributed by atoms with Gasteiger partial charge in [0.05, 0.1) is 32.8 Å². The summed E-state index contributed by atoms with van der Waals surface area (Å²) >= 11 is 7.02. The minimum atomic E-state index is -0.383. The van der Waals surface area contributed by atoms with Gasteiger partial charge in [-0.2, -0.15) is 0 Å². The molecule has 0 aromatic heterocycles. The van der Waals surface area contributed by atoms with Gasteiger partial charge in [0.2, 0.25) is 0 Å². The third kappa shape index (κ3) is 3.95. The van der Waals surface area contributed by atoms with E-state index in [1.165, 1.54) is 26.2 Å². The Morgan fingerprint density at radius 1 is 1.00 bits per heavy atom. The molecule has 8 heteroatoms. The van der Waals surface area contributed by atoms with Crippen LogP contribution in [0.1, 0.15) is 11.1 Å². The van der Waals surface area contributed by atoms with Crippen molar-refractivity contribution in [2.24, 2.45) is 0 Å². The third-order valence-corrected chi connectivity index (χ3v) is 5.46. The molecule has 1 aliphatic rings. The van der Waals surface area contributed by atoms with Crippen molar-refractivity contribution in [1.29, 1.82) is 0 Å². The van der Waals surface area contributed by atoms with E-state index in [0.29, 0.717) is 38.3 Å². The first-order valence-corrected chi connectivity index (χ1v) is 9.46. The highest BCUT2D eigenvalue weighted by Gasteiger charge is 2.35. The van der Waals surface area contributed by atoms with Gasteiger partial charge in [-0.1, -0.05) is 29.8 Å². The lowest BCUT2D eigenvalue weighted by Crippen LogP contribution is -2.27. The van der Waals surface area contributed by atoms with Crippen molar-refractivity contribution in [3.8, 4) is 17.2 Å². The molecule has 0 spiro atoms. The lowest BCUT2D eigenvalue weighted by atomic mass is 10.1. The molecule has 0 atom stereocenters. The van der Waals surface area contributed by atoms with Crippen molar-refractivity contribution in [3.05, 3.63) is 57.5 Å². The van der Waals surface area contributed by atoms with E-state index in [0.717, 1.165) is 11.8 Å². The van der Waals surface area contributed by atoms with Crippen molar-refractivity contribution in [2.75, 3.05) is 21.3 Å². The number of hydrogen-bond acceptors (Lipinski definition) is 6. The number of thioether (sulfide) groups is 1. The van der Waals surface area contributed by atoms with Crippen LogP contribution < -0.4 is 14.2 Å². The molecule has 2 aromatic carbocycles. The van der Waals surface area contributed by atoms with Crippen molar-refractivity contribution in [1.82, 2.24) is 4.90 Å². The zero-order chi connectivity index (χ0) is 20.3. The van der Waals surface area contributed by atoms with Crippen molar-refractivity contribution in [3.63, 3.8) is 0 Å². The molecule has 2 amide bonds. The van der Waals surface area contributed by atoms with Gasteiger partial charge in [-0.15, -0.1) is 0 Å². The zero-order valence-corrected chi connectivity index (χ0v) is 17.1. The summed E-state index contributed by atoms with van der Waals surface area (Å²) in [6, 6.07) is 10.5. The number of rotatable bonds is 6. The Hall–Kier alpha value is -2.64. The summed E-state index contributed by atoms with van der Waals surface area (Å²) < 4.78 is 16.0. The predicted octanol–water partition coefficient (Wildman–Crippen LogP) is 4.60. The van der Waals surface area contributed by atoms with Gasteiger partial charge in [0, 0.05) is 16.7 Å². The minimum absolute atomic E-state index is 0.116. The second-order valence-electron chi connectivity index (χ2n) is 5.81. The molecule has 1 fully saturated rings. The first-order chi connectivity index (χ1) is 13.5. The zero-order valence-electron chi connectivity index (χ0n) is 15.5. The van der Waals surface area contributed by atoms with Crippen LogP contribution in [0.15, 0.2) is 41.3 Å². The van der Waals surface area contributed by atoms with Gasteiger partial charge in [-0.25, -0.2) is 0 Å². The molecular weight excluding hydrogens is 402 g/mol. The van der Waals surface area contributed by atoms with Crippen LogP contribution in [0.3, 0.4) is 0 Å². The molecule has 0 aliphatic carbocycles. The van der Waals surface area contributed by atoms with Crippen LogP contribution >= 0.6 is 23.4 Å². The van der Waals surface area contributed by atoms with E-state index in [1.807, 2.05) is 6.07 Å². The summed E-state index contributed by atoms with van der Waals surface area (Å²) in [7, 11) is 4.56. The number of ether oxygens (including phenoxy) is 3. The largest absolute Gasteiger partial charge is 0.496 e. The van der Waals surface area contributed by atoms with Gasteiger partial charge >= 0.3 is 0 Å². The summed E-state index contributed by atoms with van der Waals surface area (Å²) in [5.41, 5.74) is 1.31. The van der Waals surface area contributed by atoms with Gasteiger partial charge in [-0.3, -0.25) is 14.5 Å². The Bertz CT molecular complexity index is 960. The minimum Gasteiger partial charge on any atom is -0.496 e. The topological polar surface area (TPSA) is 65.1 Å². The maximum atomic E-state index is 12.8. The van der Waals surface area contributed by atoms with Crippen LogP contribution in [0, 0.1) is 0 Å². The third-order valence-electron chi connectivity index (χ3n) is 4.18. The Labute approximate surface area is 172 Å². The van der Waals surface area contributed by atoms with E-state index in [9.17, 15) is 9.59 Å². The standard InChI is InChI=1S/C20H18ClNO5S/c1-25-15-10-17(27-3)16(26-2)8-13(15)9-18-19(23)22(20(24)28-18)11-12-6-4-5-7-14(12)21/h4-10H,11H2,1-3H3/b18-9+. The number of methoxy groups -OCH3 is 3. The highest BCUT2D eigenvalue weighted by molar-refractivity contribution is 8.18. The molecule has 0 N–H and O–H groups in total. The van der Waals surface area contributed by atoms with Crippen LogP contribution in [0.25, 0.3) is 6.08 Å². The smallest absolute Gasteiger partial charge is 0.293 e. The second kappa shape index (κ2) is 8.58. The maximum absolute atomic E-state index is 12.8. The van der Waals surface area contributed by atoms with Gasteiger partial charge in [-0.05, 0) is 35.5 Å². The molecule has 0 radical (unpaired) electrons. The van der Waals surface area contributed by atoms with E-state index in [-0.39, 0.29) is 17.7 Å². The molecule has 0 bridgehead atoms. The van der Waals surface area contributed by atoms with E-state index in [4.69, 9.17) is 25.8 Å². The summed E-state index contributed by atoms with van der Waals surface area (Å²) in [5, 5.41) is 0.155. The highest BCUT2D eigenvalue weighted by Crippen LogP contribution is 2.39. The molecule has 0 saturated carbocycles. The quantitative estimate of drug-likeness (QED) is 0.637. The normalized spacial score (nSPS) is 15.3. The summed E-state index contributed by atoms with van der Waals surface area (Å²) in [5.74, 6) is 1.11. The number of halogens is 1. The van der Waals surface area contributed by atoms with E-state index in [1.54, 1.807) is 36.4 Å². The fourth-order valence-corrected chi connectivity index (χ4v) is 3.76. The van der Waals surface area contributed by atoms with Gasteiger partial charge in [0.1, 0.15) is 5.75 Å². The van der Waals surface area contributed by atoms with Crippen molar-refractivity contribution >= 4 is 40.6 Å². The predicted molar refractivity (Wildman–Crippen MR) is 109 cm³/mol. The monoisotopic (exact) mass is 419 g/mol. The lowest BCUT2D eigenvalue weighted by Gasteiger charge is -2.14. The van der Waals surface area contributed by atoms with Gasteiger partial charge < -0.3 is 14.2 Å². The SMILES string of the molecule is COc1cc(OC)c(OC)cc1/C=C1/SC(=O)N(Cc2ccccc2Cl)C1=O. The first-order valence-electron chi connectivity index (χ1n) is 8.27. The summed E-state index contributed by atoms with van der Waals surface area (Å²) in [6.07, 6.45) is 1.61. The Balaban J connectivity index is 1.92. The summed E-state index contributed by atoms with van der Waals surface area (Å²) in [4.78, 5) is 26.6. The van der Waals surface area contributed by atoms with Crippen LogP contribution in [-0.4, -0.2) is 37.4 Å². The maximum Gasteiger partial charge on any atom is 0.293 e. The molecule has 0 unspecified atom stereocenters. The molecule has 6 nitrogen and oxygen atoms in total. The number of carbonyl (C=O) groups is 2. The van der Waals surface area contributed by atoms with Gasteiger partial charge in [0.25, 0.3) is 11.1 Å².